The first-order valence-corrected chi connectivity index (χ1v) is 8.53. The highest BCUT2D eigenvalue weighted by Gasteiger charge is 2.35. The molecule has 118 valence electrons. The molecular weight excluding hydrogens is 250 g/mol. The molecule has 1 heterocycles. The summed E-state index contributed by atoms with van der Waals surface area (Å²) in [6, 6.07) is 0.558. The maximum Gasteiger partial charge on any atom is 0.0733 e. The van der Waals surface area contributed by atoms with E-state index in [1.54, 1.807) is 0 Å². The summed E-state index contributed by atoms with van der Waals surface area (Å²) in [4.78, 5) is 0. The second kappa shape index (κ2) is 7.77. The number of hydrogen-bond donors (Lipinski definition) is 1. The van der Waals surface area contributed by atoms with Crippen LogP contribution in [0.15, 0.2) is 0 Å². The average Bonchev–Trinajstić information content (AvgIpc) is 2.44. The molecule has 2 rings (SSSR count). The summed E-state index contributed by atoms with van der Waals surface area (Å²) >= 11 is 0. The third kappa shape index (κ3) is 5.01. The van der Waals surface area contributed by atoms with Crippen molar-refractivity contribution < 1.29 is 9.47 Å². The lowest BCUT2D eigenvalue weighted by molar-refractivity contribution is -0.0568. The summed E-state index contributed by atoms with van der Waals surface area (Å²) in [6.07, 6.45) is 7.70. The van der Waals surface area contributed by atoms with Crippen molar-refractivity contribution in [2.24, 2.45) is 11.3 Å². The standard InChI is InChI=1S/C17H33NO2/c1-4-9-18-15-5-8-17(2,3)12-16(15)20-13-14-6-10-19-11-7-14/h14-16,18H,4-13H2,1-3H3. The molecule has 2 atom stereocenters. The molecule has 1 N–H and O–H groups in total. The lowest BCUT2D eigenvalue weighted by Gasteiger charge is -2.41. The van der Waals surface area contributed by atoms with Crippen LogP contribution in [-0.4, -0.2) is 38.5 Å². The van der Waals surface area contributed by atoms with Crippen LogP contribution in [-0.2, 0) is 9.47 Å². The second-order valence-corrected chi connectivity index (χ2v) is 7.40. The van der Waals surface area contributed by atoms with Crippen LogP contribution in [0.4, 0.5) is 0 Å². The molecule has 20 heavy (non-hydrogen) atoms. The highest BCUT2D eigenvalue weighted by Crippen LogP contribution is 2.37. The quantitative estimate of drug-likeness (QED) is 0.810. The molecule has 0 aromatic carbocycles. The topological polar surface area (TPSA) is 30.5 Å². The maximum atomic E-state index is 6.35. The Morgan fingerprint density at radius 2 is 1.95 bits per heavy atom. The summed E-state index contributed by atoms with van der Waals surface area (Å²) in [6.45, 7) is 10.9. The van der Waals surface area contributed by atoms with Gasteiger partial charge in [-0.15, -0.1) is 0 Å². The Bertz CT molecular complexity index is 274. The fourth-order valence-corrected chi connectivity index (χ4v) is 3.43. The van der Waals surface area contributed by atoms with Gasteiger partial charge < -0.3 is 14.8 Å². The lowest BCUT2D eigenvalue weighted by Crippen LogP contribution is -2.48. The van der Waals surface area contributed by atoms with Crippen LogP contribution in [0, 0.1) is 11.3 Å². The molecule has 0 spiro atoms. The first kappa shape index (κ1) is 16.3. The second-order valence-electron chi connectivity index (χ2n) is 7.40. The van der Waals surface area contributed by atoms with Gasteiger partial charge in [0, 0.05) is 19.3 Å². The van der Waals surface area contributed by atoms with E-state index in [4.69, 9.17) is 9.47 Å². The summed E-state index contributed by atoms with van der Waals surface area (Å²) in [5.74, 6) is 0.709. The Labute approximate surface area is 124 Å². The maximum absolute atomic E-state index is 6.35. The van der Waals surface area contributed by atoms with Gasteiger partial charge in [0.1, 0.15) is 0 Å². The normalized spacial score (nSPS) is 31.4. The van der Waals surface area contributed by atoms with Gasteiger partial charge in [0.15, 0.2) is 0 Å². The van der Waals surface area contributed by atoms with Crippen molar-refractivity contribution in [3.05, 3.63) is 0 Å². The molecule has 1 aliphatic heterocycles. The average molecular weight is 283 g/mol. The first-order valence-electron chi connectivity index (χ1n) is 8.53. The van der Waals surface area contributed by atoms with E-state index in [1.807, 2.05) is 0 Å². The van der Waals surface area contributed by atoms with E-state index in [9.17, 15) is 0 Å². The third-order valence-corrected chi connectivity index (χ3v) is 4.88. The van der Waals surface area contributed by atoms with Gasteiger partial charge in [0.05, 0.1) is 12.7 Å². The van der Waals surface area contributed by atoms with Crippen LogP contribution in [0.2, 0.25) is 0 Å². The van der Waals surface area contributed by atoms with Crippen molar-refractivity contribution in [1.82, 2.24) is 5.32 Å². The minimum absolute atomic E-state index is 0.396. The van der Waals surface area contributed by atoms with Gasteiger partial charge in [-0.1, -0.05) is 20.8 Å². The van der Waals surface area contributed by atoms with E-state index in [-0.39, 0.29) is 0 Å². The molecule has 0 amide bonds. The van der Waals surface area contributed by atoms with Gasteiger partial charge in [-0.25, -0.2) is 0 Å². The summed E-state index contributed by atoms with van der Waals surface area (Å²) in [5.41, 5.74) is 0.435. The SMILES string of the molecule is CCCNC1CCC(C)(C)CC1OCC1CCOCC1. The molecule has 1 saturated heterocycles. The van der Waals surface area contributed by atoms with Gasteiger partial charge in [0.25, 0.3) is 0 Å². The molecule has 3 heteroatoms. The van der Waals surface area contributed by atoms with E-state index in [0.29, 0.717) is 23.5 Å². The lowest BCUT2D eigenvalue weighted by atomic mass is 9.74. The number of rotatable bonds is 6. The predicted octanol–water partition coefficient (Wildman–Crippen LogP) is 3.38. The van der Waals surface area contributed by atoms with Gasteiger partial charge in [-0.05, 0) is 56.4 Å². The Kier molecular flexibility index (Phi) is 6.31. The highest BCUT2D eigenvalue weighted by molar-refractivity contribution is 4.90. The molecule has 0 bridgehead atoms. The molecule has 0 aromatic heterocycles. The van der Waals surface area contributed by atoms with Crippen molar-refractivity contribution in [3.63, 3.8) is 0 Å². The van der Waals surface area contributed by atoms with E-state index in [1.165, 1.54) is 38.5 Å². The van der Waals surface area contributed by atoms with Crippen LogP contribution in [0.25, 0.3) is 0 Å². The summed E-state index contributed by atoms with van der Waals surface area (Å²) in [7, 11) is 0. The van der Waals surface area contributed by atoms with Gasteiger partial charge in [-0.2, -0.15) is 0 Å². The fourth-order valence-electron chi connectivity index (χ4n) is 3.43. The van der Waals surface area contributed by atoms with Crippen LogP contribution in [0.5, 0.6) is 0 Å². The van der Waals surface area contributed by atoms with Crippen molar-refractivity contribution in [2.75, 3.05) is 26.4 Å². The smallest absolute Gasteiger partial charge is 0.0733 e. The van der Waals surface area contributed by atoms with E-state index >= 15 is 0 Å². The number of ether oxygens (including phenoxy) is 2. The molecular formula is C17H33NO2. The van der Waals surface area contributed by atoms with Gasteiger partial charge in [0.2, 0.25) is 0 Å². The molecule has 1 aliphatic carbocycles. The van der Waals surface area contributed by atoms with Crippen LogP contribution in [0.1, 0.15) is 59.3 Å². The Balaban J connectivity index is 1.82. The monoisotopic (exact) mass is 283 g/mol. The molecule has 0 aromatic rings. The van der Waals surface area contributed by atoms with Gasteiger partial charge in [-0.3, -0.25) is 0 Å². The predicted molar refractivity (Wildman–Crippen MR) is 83.0 cm³/mol. The number of nitrogens with one attached hydrogen (secondary N) is 1. The van der Waals surface area contributed by atoms with Crippen molar-refractivity contribution in [3.8, 4) is 0 Å². The van der Waals surface area contributed by atoms with E-state index < -0.39 is 0 Å². The molecule has 2 aliphatic rings. The van der Waals surface area contributed by atoms with Crippen molar-refractivity contribution in [2.45, 2.75) is 71.4 Å². The van der Waals surface area contributed by atoms with Crippen LogP contribution in [0.3, 0.4) is 0 Å². The van der Waals surface area contributed by atoms with Crippen LogP contribution < -0.4 is 5.32 Å². The van der Waals surface area contributed by atoms with E-state index in [0.717, 1.165) is 26.4 Å². The zero-order valence-electron chi connectivity index (χ0n) is 13.6. The first-order chi connectivity index (χ1) is 9.61. The fraction of sp³-hybridized carbons (Fsp3) is 1.00. The summed E-state index contributed by atoms with van der Waals surface area (Å²) in [5, 5.41) is 3.70. The molecule has 2 unspecified atom stereocenters. The minimum Gasteiger partial charge on any atom is -0.381 e. The zero-order chi connectivity index (χ0) is 14.4. The van der Waals surface area contributed by atoms with Gasteiger partial charge >= 0.3 is 0 Å². The molecule has 2 fully saturated rings. The Morgan fingerprint density at radius 1 is 1.20 bits per heavy atom. The Hall–Kier alpha value is -0.120. The Morgan fingerprint density at radius 3 is 2.65 bits per heavy atom. The molecule has 1 saturated carbocycles. The number of hydrogen-bond acceptors (Lipinski definition) is 3. The highest BCUT2D eigenvalue weighted by atomic mass is 16.5. The largest absolute Gasteiger partial charge is 0.381 e. The minimum atomic E-state index is 0.396. The van der Waals surface area contributed by atoms with Crippen LogP contribution >= 0.6 is 0 Å². The summed E-state index contributed by atoms with van der Waals surface area (Å²) < 4.78 is 11.8. The molecule has 3 nitrogen and oxygen atoms in total. The van der Waals surface area contributed by atoms with E-state index in [2.05, 4.69) is 26.1 Å². The van der Waals surface area contributed by atoms with Crippen molar-refractivity contribution in [1.29, 1.82) is 0 Å². The zero-order valence-corrected chi connectivity index (χ0v) is 13.6. The van der Waals surface area contributed by atoms with Crippen molar-refractivity contribution >= 4 is 0 Å². The molecule has 0 radical (unpaired) electrons. The third-order valence-electron chi connectivity index (χ3n) is 4.88.